The number of nitrogens with one attached hydrogen (secondary N) is 1. The highest BCUT2D eigenvalue weighted by atomic mass is 16.4. The van der Waals surface area contributed by atoms with Crippen LogP contribution < -0.4 is 5.32 Å². The molecule has 3 N–H and O–H groups in total. The van der Waals surface area contributed by atoms with Gasteiger partial charge in [-0.15, -0.1) is 0 Å². The van der Waals surface area contributed by atoms with Crippen LogP contribution in [-0.4, -0.2) is 34.7 Å². The largest absolute Gasteiger partial charge is 0.480 e. The van der Waals surface area contributed by atoms with Crippen LogP contribution in [0.4, 0.5) is 0 Å². The highest BCUT2D eigenvalue weighted by Crippen LogP contribution is 2.18. The third-order valence-electron chi connectivity index (χ3n) is 3.05. The Morgan fingerprint density at radius 2 is 1.80 bits per heavy atom. The first-order valence-corrected chi connectivity index (χ1v) is 6.21. The molecule has 1 atom stereocenters. The predicted octanol–water partition coefficient (Wildman–Crippen LogP) is 0.944. The quantitative estimate of drug-likeness (QED) is 0.757. The number of amides is 1. The Labute approximate surface area is 115 Å². The van der Waals surface area contributed by atoms with E-state index in [-0.39, 0.29) is 6.42 Å². The molecule has 0 aliphatic heterocycles. The Balaban J connectivity index is 2.16. The molecule has 1 amide bonds. The maximum Gasteiger partial charge on any atom is 0.328 e. The van der Waals surface area contributed by atoms with E-state index in [9.17, 15) is 9.59 Å². The maximum absolute atomic E-state index is 11.8. The summed E-state index contributed by atoms with van der Waals surface area (Å²) in [5, 5.41) is 21.9. The summed E-state index contributed by atoms with van der Waals surface area (Å²) in [7, 11) is 0. The molecule has 2 aromatic rings. The second-order valence-corrected chi connectivity index (χ2v) is 4.46. The fraction of sp³-hybridized carbons (Fsp3) is 0.200. The summed E-state index contributed by atoms with van der Waals surface area (Å²) in [6.45, 7) is -0.628. The van der Waals surface area contributed by atoms with Crippen molar-refractivity contribution in [3.63, 3.8) is 0 Å². The highest BCUT2D eigenvalue weighted by Gasteiger charge is 2.18. The standard InChI is InChI=1S/C15H15NO4/c17-9-13(15(19)20)16-14(18)8-11-6-3-5-10-4-1-2-7-12(10)11/h1-7,13,17H,8-9H2,(H,16,18)(H,19,20)/t13-/m0/s1. The molecule has 0 radical (unpaired) electrons. The van der Waals surface area contributed by atoms with Crippen LogP contribution in [0.15, 0.2) is 42.5 Å². The van der Waals surface area contributed by atoms with E-state index >= 15 is 0 Å². The topological polar surface area (TPSA) is 86.6 Å². The van der Waals surface area contributed by atoms with E-state index in [4.69, 9.17) is 10.2 Å². The molecule has 5 nitrogen and oxygen atoms in total. The number of hydrogen-bond acceptors (Lipinski definition) is 3. The van der Waals surface area contributed by atoms with Gasteiger partial charge in [0.15, 0.2) is 0 Å². The second-order valence-electron chi connectivity index (χ2n) is 4.46. The molecule has 0 fully saturated rings. The molecule has 0 aliphatic rings. The van der Waals surface area contributed by atoms with E-state index in [1.54, 1.807) is 0 Å². The van der Waals surface area contributed by atoms with Crippen LogP contribution in [0.5, 0.6) is 0 Å². The van der Waals surface area contributed by atoms with E-state index < -0.39 is 24.5 Å². The lowest BCUT2D eigenvalue weighted by Crippen LogP contribution is -2.43. The molecule has 0 unspecified atom stereocenters. The van der Waals surface area contributed by atoms with Crippen molar-refractivity contribution in [2.24, 2.45) is 0 Å². The molecular weight excluding hydrogens is 258 g/mol. The number of benzene rings is 2. The number of carbonyl (C=O) groups excluding carboxylic acids is 1. The SMILES string of the molecule is O=C(Cc1cccc2ccccc12)N[C@@H](CO)C(=O)O. The fourth-order valence-electron chi connectivity index (χ4n) is 2.05. The lowest BCUT2D eigenvalue weighted by atomic mass is 10.0. The van der Waals surface area contributed by atoms with E-state index in [0.29, 0.717) is 0 Å². The van der Waals surface area contributed by atoms with Crippen LogP contribution in [0.3, 0.4) is 0 Å². The molecule has 2 aromatic carbocycles. The van der Waals surface area contributed by atoms with Gasteiger partial charge in [0.05, 0.1) is 13.0 Å². The monoisotopic (exact) mass is 273 g/mol. The second kappa shape index (κ2) is 6.16. The first-order valence-electron chi connectivity index (χ1n) is 6.21. The van der Waals surface area contributed by atoms with E-state index in [1.165, 1.54) is 0 Å². The molecular formula is C15H15NO4. The number of aliphatic hydroxyl groups excluding tert-OH is 1. The molecule has 0 spiro atoms. The Bertz CT molecular complexity index is 633. The lowest BCUT2D eigenvalue weighted by Gasteiger charge is -2.12. The zero-order valence-electron chi connectivity index (χ0n) is 10.7. The van der Waals surface area contributed by atoms with E-state index in [2.05, 4.69) is 5.32 Å². The van der Waals surface area contributed by atoms with Gasteiger partial charge in [0.25, 0.3) is 0 Å². The van der Waals surface area contributed by atoms with Gasteiger partial charge in [0.1, 0.15) is 6.04 Å². The minimum absolute atomic E-state index is 0.0745. The maximum atomic E-state index is 11.8. The van der Waals surface area contributed by atoms with Gasteiger partial charge in [-0.1, -0.05) is 42.5 Å². The van der Waals surface area contributed by atoms with Crippen LogP contribution >= 0.6 is 0 Å². The third kappa shape index (κ3) is 3.13. The van der Waals surface area contributed by atoms with Gasteiger partial charge in [-0.3, -0.25) is 4.79 Å². The van der Waals surface area contributed by atoms with Crippen molar-refractivity contribution >= 4 is 22.6 Å². The lowest BCUT2D eigenvalue weighted by molar-refractivity contribution is -0.142. The number of aliphatic hydroxyl groups is 1. The van der Waals surface area contributed by atoms with Gasteiger partial charge in [-0.05, 0) is 16.3 Å². The first kappa shape index (κ1) is 14.0. The first-order chi connectivity index (χ1) is 9.61. The van der Waals surface area contributed by atoms with Crippen LogP contribution in [0, 0.1) is 0 Å². The number of fused-ring (bicyclic) bond motifs is 1. The number of hydrogen-bond donors (Lipinski definition) is 3. The fourth-order valence-corrected chi connectivity index (χ4v) is 2.05. The number of aliphatic carboxylic acids is 1. The van der Waals surface area contributed by atoms with Gasteiger partial charge in [-0.2, -0.15) is 0 Å². The van der Waals surface area contributed by atoms with Gasteiger partial charge in [-0.25, -0.2) is 4.79 Å². The Hall–Kier alpha value is -2.40. The van der Waals surface area contributed by atoms with Gasteiger partial charge < -0.3 is 15.5 Å². The summed E-state index contributed by atoms with van der Waals surface area (Å²) in [5.74, 6) is -1.68. The van der Waals surface area contributed by atoms with Crippen LogP contribution in [0.2, 0.25) is 0 Å². The summed E-state index contributed by atoms with van der Waals surface area (Å²) in [5.41, 5.74) is 0.822. The van der Waals surface area contributed by atoms with E-state index in [1.807, 2.05) is 42.5 Å². The Morgan fingerprint density at radius 3 is 2.50 bits per heavy atom. The molecule has 0 saturated carbocycles. The molecule has 0 aromatic heterocycles. The third-order valence-corrected chi connectivity index (χ3v) is 3.05. The highest BCUT2D eigenvalue weighted by molar-refractivity contribution is 5.91. The minimum Gasteiger partial charge on any atom is -0.480 e. The van der Waals surface area contributed by atoms with Crippen LogP contribution in [-0.2, 0) is 16.0 Å². The Morgan fingerprint density at radius 1 is 1.10 bits per heavy atom. The van der Waals surface area contributed by atoms with Crippen molar-refractivity contribution in [1.29, 1.82) is 0 Å². The van der Waals surface area contributed by atoms with Crippen molar-refractivity contribution in [1.82, 2.24) is 5.32 Å². The van der Waals surface area contributed by atoms with E-state index in [0.717, 1.165) is 16.3 Å². The predicted molar refractivity (Wildman–Crippen MR) is 74.3 cm³/mol. The Kier molecular flexibility index (Phi) is 4.32. The number of rotatable bonds is 5. The molecule has 104 valence electrons. The van der Waals surface area contributed by atoms with Gasteiger partial charge >= 0.3 is 5.97 Å². The summed E-state index contributed by atoms with van der Waals surface area (Å²) in [4.78, 5) is 22.6. The minimum atomic E-state index is -1.27. The molecule has 0 bridgehead atoms. The smallest absolute Gasteiger partial charge is 0.328 e. The zero-order valence-corrected chi connectivity index (χ0v) is 10.7. The average molecular weight is 273 g/mol. The van der Waals surface area contributed by atoms with Crippen LogP contribution in [0.1, 0.15) is 5.56 Å². The van der Waals surface area contributed by atoms with Gasteiger partial charge in [0, 0.05) is 0 Å². The van der Waals surface area contributed by atoms with Crippen molar-refractivity contribution in [3.05, 3.63) is 48.0 Å². The number of carboxylic acid groups (broad SMARTS) is 1. The normalized spacial score (nSPS) is 12.1. The summed E-state index contributed by atoms with van der Waals surface area (Å²) < 4.78 is 0. The van der Waals surface area contributed by atoms with Gasteiger partial charge in [0.2, 0.25) is 5.91 Å². The molecule has 0 saturated heterocycles. The summed E-state index contributed by atoms with van der Waals surface area (Å²) in [6.07, 6.45) is 0.0745. The average Bonchev–Trinajstić information content (AvgIpc) is 2.45. The van der Waals surface area contributed by atoms with Crippen molar-refractivity contribution in [3.8, 4) is 0 Å². The molecule has 2 rings (SSSR count). The summed E-state index contributed by atoms with van der Waals surface area (Å²) in [6, 6.07) is 12.0. The van der Waals surface area contributed by atoms with Crippen molar-refractivity contribution < 1.29 is 19.8 Å². The van der Waals surface area contributed by atoms with Crippen LogP contribution in [0.25, 0.3) is 10.8 Å². The molecule has 0 heterocycles. The number of carboxylic acids is 1. The number of carbonyl (C=O) groups is 2. The zero-order chi connectivity index (χ0) is 14.5. The molecule has 0 aliphatic carbocycles. The molecule has 5 heteroatoms. The van der Waals surface area contributed by atoms with Crippen molar-refractivity contribution in [2.45, 2.75) is 12.5 Å². The molecule has 20 heavy (non-hydrogen) atoms. The summed E-state index contributed by atoms with van der Waals surface area (Å²) >= 11 is 0. The van der Waals surface area contributed by atoms with Crippen molar-refractivity contribution in [2.75, 3.05) is 6.61 Å².